The van der Waals surface area contributed by atoms with Gasteiger partial charge in [-0.05, 0) is 35.2 Å². The van der Waals surface area contributed by atoms with Crippen LogP contribution in [0.25, 0.3) is 11.1 Å². The van der Waals surface area contributed by atoms with Gasteiger partial charge < -0.3 is 5.32 Å². The van der Waals surface area contributed by atoms with Crippen molar-refractivity contribution in [2.45, 2.75) is 19.0 Å². The lowest BCUT2D eigenvalue weighted by Crippen LogP contribution is -2.35. The van der Waals surface area contributed by atoms with Gasteiger partial charge in [0, 0.05) is 24.0 Å². The van der Waals surface area contributed by atoms with Crippen molar-refractivity contribution >= 4 is 15.7 Å². The minimum absolute atomic E-state index is 0.0169. The minimum Gasteiger partial charge on any atom is -0.348 e. The lowest BCUT2D eigenvalue weighted by Gasteiger charge is -2.14. The first-order chi connectivity index (χ1) is 13.5. The predicted molar refractivity (Wildman–Crippen MR) is 108 cm³/mol. The van der Waals surface area contributed by atoms with E-state index in [0.717, 1.165) is 16.7 Å². The molecule has 0 radical (unpaired) electrons. The van der Waals surface area contributed by atoms with Crippen LogP contribution in [0.3, 0.4) is 0 Å². The zero-order chi connectivity index (χ0) is 19.6. The van der Waals surface area contributed by atoms with Gasteiger partial charge in [0.1, 0.15) is 0 Å². The Hall–Kier alpha value is -2.93. The molecule has 1 aliphatic heterocycles. The summed E-state index contributed by atoms with van der Waals surface area (Å²) in [4.78, 5) is 12.8. The molecule has 1 N–H and O–H groups in total. The summed E-state index contributed by atoms with van der Waals surface area (Å²) < 4.78 is 25.1. The first-order valence-corrected chi connectivity index (χ1v) is 11.0. The van der Waals surface area contributed by atoms with Gasteiger partial charge in [0.2, 0.25) is 0 Å². The number of nitrogens with zero attached hydrogens (tertiary/aromatic N) is 2. The molecule has 6 nitrogen and oxygen atoms in total. The average molecular weight is 395 g/mol. The Balaban J connectivity index is 1.53. The highest BCUT2D eigenvalue weighted by molar-refractivity contribution is 7.91. The van der Waals surface area contributed by atoms with Crippen LogP contribution in [-0.4, -0.2) is 41.7 Å². The van der Waals surface area contributed by atoms with E-state index in [4.69, 9.17) is 0 Å². The SMILES string of the molecule is O=C(NC1CCS(=O)(=O)C1)c1ccccc1-c1ccc(Cn2cccn2)cc1. The molecule has 144 valence electrons. The molecule has 0 spiro atoms. The van der Waals surface area contributed by atoms with Gasteiger partial charge in [0.15, 0.2) is 9.84 Å². The van der Waals surface area contributed by atoms with Crippen LogP contribution >= 0.6 is 0 Å². The van der Waals surface area contributed by atoms with Gasteiger partial charge in [-0.3, -0.25) is 9.48 Å². The van der Waals surface area contributed by atoms with Crippen molar-refractivity contribution in [3.05, 3.63) is 78.1 Å². The van der Waals surface area contributed by atoms with Crippen molar-refractivity contribution in [1.29, 1.82) is 0 Å². The van der Waals surface area contributed by atoms with Crippen LogP contribution < -0.4 is 5.32 Å². The number of hydrogen-bond donors (Lipinski definition) is 1. The molecule has 1 amide bonds. The zero-order valence-electron chi connectivity index (χ0n) is 15.3. The largest absolute Gasteiger partial charge is 0.348 e. The monoisotopic (exact) mass is 395 g/mol. The van der Waals surface area contributed by atoms with Gasteiger partial charge in [-0.2, -0.15) is 5.10 Å². The van der Waals surface area contributed by atoms with Crippen molar-refractivity contribution in [3.8, 4) is 11.1 Å². The number of rotatable bonds is 5. The highest BCUT2D eigenvalue weighted by Crippen LogP contribution is 2.25. The Bertz CT molecular complexity index is 1070. The van der Waals surface area contributed by atoms with Gasteiger partial charge in [0.05, 0.1) is 18.1 Å². The van der Waals surface area contributed by atoms with Crippen LogP contribution in [0.2, 0.25) is 0 Å². The van der Waals surface area contributed by atoms with Gasteiger partial charge in [-0.25, -0.2) is 8.42 Å². The number of amides is 1. The fourth-order valence-corrected chi connectivity index (χ4v) is 5.15. The van der Waals surface area contributed by atoms with E-state index in [9.17, 15) is 13.2 Å². The molecule has 0 bridgehead atoms. The van der Waals surface area contributed by atoms with Crippen molar-refractivity contribution in [1.82, 2.24) is 15.1 Å². The van der Waals surface area contributed by atoms with Crippen molar-refractivity contribution in [3.63, 3.8) is 0 Å². The Morgan fingerprint density at radius 1 is 1.11 bits per heavy atom. The van der Waals surface area contributed by atoms with Gasteiger partial charge >= 0.3 is 0 Å². The number of carbonyl (C=O) groups is 1. The number of benzene rings is 2. The number of hydrogen-bond acceptors (Lipinski definition) is 4. The lowest BCUT2D eigenvalue weighted by molar-refractivity contribution is 0.0942. The maximum absolute atomic E-state index is 12.8. The summed E-state index contributed by atoms with van der Waals surface area (Å²) in [7, 11) is -3.03. The molecular formula is C21H21N3O3S. The number of carbonyl (C=O) groups excluding carboxylic acids is 1. The first kappa shape index (κ1) is 18.4. The smallest absolute Gasteiger partial charge is 0.252 e. The maximum Gasteiger partial charge on any atom is 0.252 e. The molecule has 1 saturated heterocycles. The quantitative estimate of drug-likeness (QED) is 0.720. The highest BCUT2D eigenvalue weighted by atomic mass is 32.2. The van der Waals surface area contributed by atoms with E-state index >= 15 is 0 Å². The van der Waals surface area contributed by atoms with E-state index in [0.29, 0.717) is 18.5 Å². The third-order valence-electron chi connectivity index (χ3n) is 4.91. The number of aromatic nitrogens is 2. The number of sulfone groups is 1. The van der Waals surface area contributed by atoms with E-state index in [1.54, 1.807) is 12.3 Å². The number of nitrogens with one attached hydrogen (secondary N) is 1. The van der Waals surface area contributed by atoms with E-state index in [2.05, 4.69) is 10.4 Å². The molecule has 1 atom stereocenters. The molecule has 1 fully saturated rings. The molecular weight excluding hydrogens is 374 g/mol. The first-order valence-electron chi connectivity index (χ1n) is 9.17. The average Bonchev–Trinajstić information content (AvgIpc) is 3.31. The Morgan fingerprint density at radius 3 is 2.57 bits per heavy atom. The molecule has 0 saturated carbocycles. The van der Waals surface area contributed by atoms with Crippen LogP contribution in [0.1, 0.15) is 22.3 Å². The molecule has 4 rings (SSSR count). The Morgan fingerprint density at radius 2 is 1.89 bits per heavy atom. The summed E-state index contributed by atoms with van der Waals surface area (Å²) >= 11 is 0. The van der Waals surface area contributed by atoms with Gasteiger partial charge in [-0.1, -0.05) is 42.5 Å². The molecule has 3 aromatic rings. The molecule has 2 aromatic carbocycles. The van der Waals surface area contributed by atoms with Gasteiger partial charge in [0.25, 0.3) is 5.91 Å². The Labute approximate surface area is 164 Å². The van der Waals surface area contributed by atoms with E-state index in [1.807, 2.05) is 59.4 Å². The second kappa shape index (κ2) is 7.59. The zero-order valence-corrected chi connectivity index (χ0v) is 16.1. The summed E-state index contributed by atoms with van der Waals surface area (Å²) in [6, 6.07) is 17.0. The summed E-state index contributed by atoms with van der Waals surface area (Å²) in [6.07, 6.45) is 4.13. The second-order valence-electron chi connectivity index (χ2n) is 7.02. The van der Waals surface area contributed by atoms with Crippen LogP contribution in [0.15, 0.2) is 67.0 Å². The van der Waals surface area contributed by atoms with Crippen LogP contribution in [0, 0.1) is 0 Å². The fraction of sp³-hybridized carbons (Fsp3) is 0.238. The van der Waals surface area contributed by atoms with Crippen molar-refractivity contribution < 1.29 is 13.2 Å². The molecule has 1 aromatic heterocycles. The Kier molecular flexibility index (Phi) is 5.00. The molecule has 7 heteroatoms. The summed E-state index contributed by atoms with van der Waals surface area (Å²) in [6.45, 7) is 0.686. The second-order valence-corrected chi connectivity index (χ2v) is 9.25. The normalized spacial score (nSPS) is 18.1. The van der Waals surface area contributed by atoms with E-state index < -0.39 is 9.84 Å². The maximum atomic E-state index is 12.8. The third-order valence-corrected chi connectivity index (χ3v) is 6.68. The third kappa shape index (κ3) is 4.14. The fourth-order valence-electron chi connectivity index (χ4n) is 3.48. The minimum atomic E-state index is -3.03. The summed E-state index contributed by atoms with van der Waals surface area (Å²) in [5.41, 5.74) is 3.43. The van der Waals surface area contributed by atoms with Crippen molar-refractivity contribution in [2.75, 3.05) is 11.5 Å². The predicted octanol–water partition coefficient (Wildman–Crippen LogP) is 2.52. The molecule has 1 aliphatic rings. The molecule has 2 heterocycles. The van der Waals surface area contributed by atoms with Crippen LogP contribution in [-0.2, 0) is 16.4 Å². The topological polar surface area (TPSA) is 81.1 Å². The van der Waals surface area contributed by atoms with Crippen molar-refractivity contribution in [2.24, 2.45) is 0 Å². The van der Waals surface area contributed by atoms with E-state index in [-0.39, 0.29) is 23.5 Å². The van der Waals surface area contributed by atoms with Crippen LogP contribution in [0.5, 0.6) is 0 Å². The summed E-state index contributed by atoms with van der Waals surface area (Å²) in [5.74, 6) is -0.0846. The van der Waals surface area contributed by atoms with E-state index in [1.165, 1.54) is 0 Å². The molecule has 0 aliphatic carbocycles. The molecule has 1 unspecified atom stereocenters. The highest BCUT2D eigenvalue weighted by Gasteiger charge is 2.29. The van der Waals surface area contributed by atoms with Crippen LogP contribution in [0.4, 0.5) is 0 Å². The van der Waals surface area contributed by atoms with Gasteiger partial charge in [-0.15, -0.1) is 0 Å². The summed E-state index contributed by atoms with van der Waals surface area (Å²) in [5, 5.41) is 7.08. The lowest BCUT2D eigenvalue weighted by atomic mass is 9.98. The molecule has 28 heavy (non-hydrogen) atoms. The standard InChI is InChI=1S/C21H21N3O3S/c25-21(23-18-10-13-28(26,27)15-18)20-5-2-1-4-19(20)17-8-6-16(7-9-17)14-24-12-3-11-22-24/h1-9,11-12,18H,10,13-15H2,(H,23,25).